The lowest BCUT2D eigenvalue weighted by Crippen LogP contribution is -2.34. The second-order valence-corrected chi connectivity index (χ2v) is 6.89. The summed E-state index contributed by atoms with van der Waals surface area (Å²) in [6.45, 7) is -0.0810. The molecule has 2 aromatic rings. The standard InChI is InChI=1S/C21H25F2N3O/c1-3-4-6-15-7-5-8-17(13-15)21(14-26(2)20(24)25-21)16-9-11-18(12-10-16)27-19(22)23/h5,7-13,19H,3-4,6,14H2,1-2H3,(H2,24,25)/t21-/m0/s1. The zero-order valence-corrected chi connectivity index (χ0v) is 15.7. The molecule has 1 aliphatic heterocycles. The number of nitrogens with two attached hydrogens (primary N) is 1. The molecule has 0 unspecified atom stereocenters. The lowest BCUT2D eigenvalue weighted by Gasteiger charge is -2.28. The minimum absolute atomic E-state index is 0.129. The first kappa shape index (κ1) is 19.1. The molecule has 27 heavy (non-hydrogen) atoms. The van der Waals surface area contributed by atoms with Gasteiger partial charge >= 0.3 is 6.61 Å². The Kier molecular flexibility index (Phi) is 5.63. The highest BCUT2D eigenvalue weighted by atomic mass is 19.3. The quantitative estimate of drug-likeness (QED) is 0.794. The first-order valence-electron chi connectivity index (χ1n) is 9.16. The Hall–Kier alpha value is -2.63. The van der Waals surface area contributed by atoms with Crippen LogP contribution < -0.4 is 10.5 Å². The van der Waals surface area contributed by atoms with E-state index in [0.29, 0.717) is 12.5 Å². The van der Waals surface area contributed by atoms with Crippen LogP contribution in [0.5, 0.6) is 5.75 Å². The van der Waals surface area contributed by atoms with Crippen LogP contribution in [-0.4, -0.2) is 31.1 Å². The van der Waals surface area contributed by atoms with Gasteiger partial charge in [0, 0.05) is 7.05 Å². The van der Waals surface area contributed by atoms with E-state index in [9.17, 15) is 8.78 Å². The van der Waals surface area contributed by atoms with Crippen molar-refractivity contribution in [3.05, 3.63) is 65.2 Å². The molecule has 2 aromatic carbocycles. The predicted octanol–water partition coefficient (Wildman–Crippen LogP) is 4.13. The third-order valence-corrected chi connectivity index (χ3v) is 4.94. The number of unbranched alkanes of at least 4 members (excludes halogenated alkanes) is 1. The summed E-state index contributed by atoms with van der Waals surface area (Å²) in [6.07, 6.45) is 3.27. The number of hydrogen-bond donors (Lipinski definition) is 1. The van der Waals surface area contributed by atoms with E-state index in [1.54, 1.807) is 24.3 Å². The minimum atomic E-state index is -2.84. The summed E-state index contributed by atoms with van der Waals surface area (Å²) in [5.74, 6) is 0.589. The largest absolute Gasteiger partial charge is 0.435 e. The second kappa shape index (κ2) is 7.94. The van der Waals surface area contributed by atoms with E-state index in [0.717, 1.165) is 30.4 Å². The van der Waals surface area contributed by atoms with Crippen molar-refractivity contribution in [1.29, 1.82) is 0 Å². The molecule has 2 N–H and O–H groups in total. The number of rotatable bonds is 7. The van der Waals surface area contributed by atoms with Gasteiger partial charge in [0.1, 0.15) is 11.3 Å². The average molecular weight is 373 g/mol. The van der Waals surface area contributed by atoms with Gasteiger partial charge in [0.05, 0.1) is 6.54 Å². The van der Waals surface area contributed by atoms with Crippen LogP contribution in [0.2, 0.25) is 0 Å². The Morgan fingerprint density at radius 2 is 1.93 bits per heavy atom. The van der Waals surface area contributed by atoms with E-state index >= 15 is 0 Å². The van der Waals surface area contributed by atoms with E-state index in [1.165, 1.54) is 5.56 Å². The van der Waals surface area contributed by atoms with Gasteiger partial charge in [-0.25, -0.2) is 4.99 Å². The SMILES string of the molecule is CCCCc1cccc([C@@]2(c3ccc(OC(F)F)cc3)CN(C)C(N)=N2)c1. The summed E-state index contributed by atoms with van der Waals surface area (Å²) < 4.78 is 29.4. The zero-order chi connectivity index (χ0) is 19.4. The molecule has 1 aliphatic rings. The third-order valence-electron chi connectivity index (χ3n) is 4.94. The molecule has 1 atom stereocenters. The molecule has 0 saturated heterocycles. The first-order valence-corrected chi connectivity index (χ1v) is 9.16. The number of ether oxygens (including phenoxy) is 1. The van der Waals surface area contributed by atoms with E-state index < -0.39 is 12.2 Å². The maximum absolute atomic E-state index is 12.4. The zero-order valence-electron chi connectivity index (χ0n) is 15.7. The lowest BCUT2D eigenvalue weighted by atomic mass is 9.82. The van der Waals surface area contributed by atoms with E-state index in [1.807, 2.05) is 18.0 Å². The van der Waals surface area contributed by atoms with Gasteiger partial charge in [-0.3, -0.25) is 0 Å². The Bertz CT molecular complexity index is 807. The molecule has 1 heterocycles. The van der Waals surface area contributed by atoms with E-state index in [-0.39, 0.29) is 5.75 Å². The molecule has 0 aliphatic carbocycles. The second-order valence-electron chi connectivity index (χ2n) is 6.89. The summed E-state index contributed by atoms with van der Waals surface area (Å²) in [6, 6.07) is 15.1. The number of guanidine groups is 1. The molecule has 0 fully saturated rings. The molecule has 0 saturated carbocycles. The van der Waals surface area contributed by atoms with Gasteiger partial charge in [-0.1, -0.05) is 49.7 Å². The molecule has 0 bridgehead atoms. The van der Waals surface area contributed by atoms with Crippen LogP contribution in [0, 0.1) is 0 Å². The van der Waals surface area contributed by atoms with Crippen LogP contribution in [-0.2, 0) is 12.0 Å². The number of nitrogens with zero attached hydrogens (tertiary/aromatic N) is 2. The van der Waals surface area contributed by atoms with Gasteiger partial charge in [-0.05, 0) is 41.7 Å². The molecule has 144 valence electrons. The fourth-order valence-corrected chi connectivity index (χ4v) is 3.50. The van der Waals surface area contributed by atoms with Crippen molar-refractivity contribution in [2.75, 3.05) is 13.6 Å². The van der Waals surface area contributed by atoms with Crippen molar-refractivity contribution in [3.63, 3.8) is 0 Å². The van der Waals surface area contributed by atoms with Gasteiger partial charge in [-0.2, -0.15) is 8.78 Å². The van der Waals surface area contributed by atoms with Gasteiger partial charge in [0.2, 0.25) is 0 Å². The summed E-state index contributed by atoms with van der Waals surface area (Å²) in [5, 5.41) is 0. The number of aryl methyl sites for hydroxylation is 1. The number of benzene rings is 2. The van der Waals surface area contributed by atoms with Crippen LogP contribution >= 0.6 is 0 Å². The Balaban J connectivity index is 2.01. The lowest BCUT2D eigenvalue weighted by molar-refractivity contribution is -0.0498. The van der Waals surface area contributed by atoms with Crippen LogP contribution in [0.1, 0.15) is 36.5 Å². The monoisotopic (exact) mass is 373 g/mol. The van der Waals surface area contributed by atoms with Crippen molar-refractivity contribution < 1.29 is 13.5 Å². The van der Waals surface area contributed by atoms with Gasteiger partial charge in [-0.15, -0.1) is 0 Å². The summed E-state index contributed by atoms with van der Waals surface area (Å²) >= 11 is 0. The Morgan fingerprint density at radius 3 is 2.52 bits per heavy atom. The van der Waals surface area contributed by atoms with Crippen molar-refractivity contribution in [1.82, 2.24) is 4.90 Å². The molecular weight excluding hydrogens is 348 g/mol. The van der Waals surface area contributed by atoms with Gasteiger partial charge < -0.3 is 15.4 Å². The number of halogens is 2. The first-order chi connectivity index (χ1) is 12.9. The van der Waals surface area contributed by atoms with Crippen LogP contribution in [0.25, 0.3) is 0 Å². The van der Waals surface area contributed by atoms with Crippen LogP contribution in [0.15, 0.2) is 53.5 Å². The predicted molar refractivity (Wildman–Crippen MR) is 103 cm³/mol. The molecule has 0 spiro atoms. The fourth-order valence-electron chi connectivity index (χ4n) is 3.50. The van der Waals surface area contributed by atoms with Gasteiger partial charge in [0.15, 0.2) is 5.96 Å². The number of aliphatic imine (C=N–C) groups is 1. The van der Waals surface area contributed by atoms with E-state index in [2.05, 4.69) is 29.9 Å². The normalized spacial score (nSPS) is 19.4. The van der Waals surface area contributed by atoms with Gasteiger partial charge in [0.25, 0.3) is 0 Å². The van der Waals surface area contributed by atoms with Crippen molar-refractivity contribution in [3.8, 4) is 5.75 Å². The van der Waals surface area contributed by atoms with Crippen LogP contribution in [0.4, 0.5) is 8.78 Å². The highest BCUT2D eigenvalue weighted by Gasteiger charge is 2.40. The van der Waals surface area contributed by atoms with E-state index in [4.69, 9.17) is 10.7 Å². The Morgan fingerprint density at radius 1 is 1.19 bits per heavy atom. The number of hydrogen-bond acceptors (Lipinski definition) is 4. The summed E-state index contributed by atoms with van der Waals surface area (Å²) in [4.78, 5) is 6.69. The number of likely N-dealkylation sites (N-methyl/N-ethyl adjacent to an activating group) is 1. The van der Waals surface area contributed by atoms with Crippen molar-refractivity contribution >= 4 is 5.96 Å². The summed E-state index contributed by atoms with van der Waals surface area (Å²) in [5.41, 5.74) is 8.63. The number of alkyl halides is 2. The average Bonchev–Trinajstić information content (AvgIpc) is 2.96. The molecule has 0 aromatic heterocycles. The summed E-state index contributed by atoms with van der Waals surface area (Å²) in [7, 11) is 1.90. The highest BCUT2D eigenvalue weighted by Crippen LogP contribution is 2.39. The molecule has 4 nitrogen and oxygen atoms in total. The highest BCUT2D eigenvalue weighted by molar-refractivity contribution is 5.81. The molecule has 6 heteroatoms. The maximum atomic E-state index is 12.4. The van der Waals surface area contributed by atoms with Crippen molar-refractivity contribution in [2.45, 2.75) is 38.3 Å². The Labute approximate surface area is 158 Å². The fraction of sp³-hybridized carbons (Fsp3) is 0.381. The maximum Gasteiger partial charge on any atom is 0.387 e. The van der Waals surface area contributed by atoms with Crippen molar-refractivity contribution in [2.24, 2.45) is 10.7 Å². The third kappa shape index (κ3) is 4.04. The molecule has 0 radical (unpaired) electrons. The molecular formula is C21H25F2N3O. The minimum Gasteiger partial charge on any atom is -0.435 e. The topological polar surface area (TPSA) is 50.9 Å². The smallest absolute Gasteiger partial charge is 0.387 e. The molecule has 0 amide bonds. The molecule has 3 rings (SSSR count). The van der Waals surface area contributed by atoms with Crippen LogP contribution in [0.3, 0.4) is 0 Å².